The topological polar surface area (TPSA) is 65.2 Å². The van der Waals surface area contributed by atoms with Crippen LogP contribution in [-0.2, 0) is 0 Å². The predicted molar refractivity (Wildman–Crippen MR) is 60.4 cm³/mol. The molecule has 1 amide bonds. The van der Waals surface area contributed by atoms with Crippen molar-refractivity contribution in [1.82, 2.24) is 15.2 Å². The highest BCUT2D eigenvalue weighted by molar-refractivity contribution is 5.93. The Morgan fingerprint density at radius 3 is 3.06 bits per heavy atom. The van der Waals surface area contributed by atoms with Crippen LogP contribution in [0.5, 0.6) is 0 Å². The largest absolute Gasteiger partial charge is 0.367 e. The summed E-state index contributed by atoms with van der Waals surface area (Å²) >= 11 is 0. The highest BCUT2D eigenvalue weighted by Crippen LogP contribution is 2.03. The van der Waals surface area contributed by atoms with Crippen molar-refractivity contribution >= 4 is 5.91 Å². The Morgan fingerprint density at radius 1 is 1.56 bits per heavy atom. The van der Waals surface area contributed by atoms with Crippen molar-refractivity contribution in [2.24, 2.45) is 0 Å². The number of hydrogen-bond donors (Lipinski definition) is 2. The molecule has 0 aromatic carbocycles. The van der Waals surface area contributed by atoms with E-state index in [1.54, 1.807) is 4.90 Å². The number of pyridine rings is 1. The summed E-state index contributed by atoms with van der Waals surface area (Å²) in [4.78, 5) is 28.0. The number of hydrogen-bond acceptors (Lipinski definition) is 3. The van der Waals surface area contributed by atoms with Crippen LogP contribution in [0.15, 0.2) is 23.3 Å². The molecule has 1 atom stereocenters. The third-order valence-electron chi connectivity index (χ3n) is 2.71. The second-order valence-electron chi connectivity index (χ2n) is 4.03. The van der Waals surface area contributed by atoms with E-state index in [1.807, 2.05) is 6.92 Å². The first-order valence-electron chi connectivity index (χ1n) is 5.38. The third-order valence-corrected chi connectivity index (χ3v) is 2.71. The van der Waals surface area contributed by atoms with Crippen LogP contribution in [0.3, 0.4) is 0 Å². The van der Waals surface area contributed by atoms with Crippen molar-refractivity contribution in [3.63, 3.8) is 0 Å². The molecule has 1 aromatic heterocycles. The number of carbonyl (C=O) groups excluding carboxylic acids is 1. The van der Waals surface area contributed by atoms with Crippen LogP contribution < -0.4 is 10.7 Å². The Balaban J connectivity index is 2.19. The summed E-state index contributed by atoms with van der Waals surface area (Å²) < 4.78 is 0. The van der Waals surface area contributed by atoms with Crippen LogP contribution >= 0.6 is 0 Å². The van der Waals surface area contributed by atoms with E-state index in [0.29, 0.717) is 13.1 Å². The van der Waals surface area contributed by atoms with E-state index in [1.165, 1.54) is 18.5 Å². The molecule has 1 saturated heterocycles. The van der Waals surface area contributed by atoms with Crippen LogP contribution in [0.2, 0.25) is 0 Å². The van der Waals surface area contributed by atoms with Crippen molar-refractivity contribution in [3.05, 3.63) is 34.2 Å². The quantitative estimate of drug-likeness (QED) is 0.690. The van der Waals surface area contributed by atoms with E-state index in [4.69, 9.17) is 0 Å². The van der Waals surface area contributed by atoms with Crippen LogP contribution in [-0.4, -0.2) is 41.5 Å². The monoisotopic (exact) mass is 221 g/mol. The number of amides is 1. The zero-order chi connectivity index (χ0) is 11.5. The number of aromatic nitrogens is 1. The summed E-state index contributed by atoms with van der Waals surface area (Å²) in [5, 5.41) is 3.25. The Morgan fingerprint density at radius 2 is 2.38 bits per heavy atom. The number of nitrogens with zero attached hydrogens (tertiary/aromatic N) is 1. The van der Waals surface area contributed by atoms with Gasteiger partial charge >= 0.3 is 0 Å². The van der Waals surface area contributed by atoms with Crippen molar-refractivity contribution in [2.45, 2.75) is 13.0 Å². The Kier molecular flexibility index (Phi) is 3.05. The fourth-order valence-electron chi connectivity index (χ4n) is 1.87. The van der Waals surface area contributed by atoms with Crippen LogP contribution in [0.1, 0.15) is 17.3 Å². The zero-order valence-corrected chi connectivity index (χ0v) is 9.19. The van der Waals surface area contributed by atoms with E-state index >= 15 is 0 Å². The summed E-state index contributed by atoms with van der Waals surface area (Å²) in [6.45, 7) is 4.09. The van der Waals surface area contributed by atoms with Crippen molar-refractivity contribution < 1.29 is 4.79 Å². The van der Waals surface area contributed by atoms with Gasteiger partial charge < -0.3 is 15.2 Å². The maximum Gasteiger partial charge on any atom is 0.259 e. The normalized spacial score (nSPS) is 20.8. The lowest BCUT2D eigenvalue weighted by atomic mass is 10.2. The Hall–Kier alpha value is -1.62. The molecule has 1 aromatic rings. The van der Waals surface area contributed by atoms with E-state index in [9.17, 15) is 9.59 Å². The molecule has 1 aliphatic heterocycles. The molecule has 16 heavy (non-hydrogen) atoms. The molecule has 0 radical (unpaired) electrons. The molecule has 5 heteroatoms. The van der Waals surface area contributed by atoms with Crippen LogP contribution in [0.25, 0.3) is 0 Å². The molecule has 0 bridgehead atoms. The molecule has 0 saturated carbocycles. The molecule has 5 nitrogen and oxygen atoms in total. The van der Waals surface area contributed by atoms with Gasteiger partial charge in [-0.25, -0.2) is 0 Å². The maximum atomic E-state index is 12.0. The molecule has 0 aliphatic carbocycles. The van der Waals surface area contributed by atoms with Gasteiger partial charge in [-0.2, -0.15) is 0 Å². The molecule has 0 spiro atoms. The minimum atomic E-state index is -0.227. The Labute approximate surface area is 93.5 Å². The van der Waals surface area contributed by atoms with Gasteiger partial charge in [0.05, 0.1) is 0 Å². The highest BCUT2D eigenvalue weighted by atomic mass is 16.2. The lowest BCUT2D eigenvalue weighted by molar-refractivity contribution is 0.0707. The number of rotatable bonds is 1. The van der Waals surface area contributed by atoms with Crippen LogP contribution in [0.4, 0.5) is 0 Å². The molecular formula is C11H15N3O2. The van der Waals surface area contributed by atoms with Crippen LogP contribution in [0, 0.1) is 0 Å². The second-order valence-corrected chi connectivity index (χ2v) is 4.03. The zero-order valence-electron chi connectivity index (χ0n) is 9.19. The highest BCUT2D eigenvalue weighted by Gasteiger charge is 2.22. The summed E-state index contributed by atoms with van der Waals surface area (Å²) in [7, 11) is 0. The van der Waals surface area contributed by atoms with Gasteiger partial charge in [0, 0.05) is 44.1 Å². The smallest absolute Gasteiger partial charge is 0.259 e. The van der Waals surface area contributed by atoms with Gasteiger partial charge in [-0.3, -0.25) is 9.59 Å². The first kappa shape index (κ1) is 10.9. The van der Waals surface area contributed by atoms with Crippen molar-refractivity contribution in [1.29, 1.82) is 0 Å². The van der Waals surface area contributed by atoms with Gasteiger partial charge in [0.25, 0.3) is 5.91 Å². The molecule has 1 fully saturated rings. The average molecular weight is 221 g/mol. The fraction of sp³-hybridized carbons (Fsp3) is 0.455. The number of carbonyl (C=O) groups is 1. The number of nitrogens with one attached hydrogen (secondary N) is 2. The Bertz CT molecular complexity index is 441. The molecule has 1 aliphatic rings. The van der Waals surface area contributed by atoms with Crippen molar-refractivity contribution in [3.8, 4) is 0 Å². The summed E-state index contributed by atoms with van der Waals surface area (Å²) in [5.41, 5.74) is -0.00784. The van der Waals surface area contributed by atoms with Gasteiger partial charge in [0.1, 0.15) is 5.56 Å². The minimum Gasteiger partial charge on any atom is -0.367 e. The first-order valence-corrected chi connectivity index (χ1v) is 5.38. The lowest BCUT2D eigenvalue weighted by Crippen LogP contribution is -2.51. The fourth-order valence-corrected chi connectivity index (χ4v) is 1.87. The van der Waals surface area contributed by atoms with Crippen molar-refractivity contribution in [2.75, 3.05) is 19.6 Å². The lowest BCUT2D eigenvalue weighted by Gasteiger charge is -2.31. The average Bonchev–Trinajstić information content (AvgIpc) is 2.29. The summed E-state index contributed by atoms with van der Waals surface area (Å²) in [6, 6.07) is 1.65. The van der Waals surface area contributed by atoms with Gasteiger partial charge in [-0.15, -0.1) is 0 Å². The summed E-state index contributed by atoms with van der Waals surface area (Å²) in [6.07, 6.45) is 3.00. The van der Waals surface area contributed by atoms with E-state index in [0.717, 1.165) is 6.54 Å². The SMILES string of the molecule is C[C@H]1CN(C(=O)c2c[nH]ccc2=O)CCN1. The molecule has 2 heterocycles. The predicted octanol–water partition coefficient (Wildman–Crippen LogP) is -0.191. The molecular weight excluding hydrogens is 206 g/mol. The first-order chi connectivity index (χ1) is 7.68. The van der Waals surface area contributed by atoms with Gasteiger partial charge in [-0.05, 0) is 6.92 Å². The number of aromatic amines is 1. The third kappa shape index (κ3) is 2.14. The summed E-state index contributed by atoms with van der Waals surface area (Å²) in [5.74, 6) is -0.185. The van der Waals surface area contributed by atoms with Gasteiger partial charge in [0.2, 0.25) is 0 Å². The van der Waals surface area contributed by atoms with Gasteiger partial charge in [-0.1, -0.05) is 0 Å². The molecule has 2 rings (SSSR count). The number of piperazine rings is 1. The van der Waals surface area contributed by atoms with E-state index in [-0.39, 0.29) is 22.9 Å². The second kappa shape index (κ2) is 4.49. The minimum absolute atomic E-state index is 0.185. The van der Waals surface area contributed by atoms with E-state index < -0.39 is 0 Å². The molecule has 0 unspecified atom stereocenters. The van der Waals surface area contributed by atoms with Gasteiger partial charge in [0.15, 0.2) is 5.43 Å². The van der Waals surface area contributed by atoms with E-state index in [2.05, 4.69) is 10.3 Å². The molecule has 86 valence electrons. The maximum absolute atomic E-state index is 12.0. The molecule has 2 N–H and O–H groups in total. The standard InChI is InChI=1S/C11H15N3O2/c1-8-7-14(5-4-13-8)11(16)9-6-12-3-2-10(9)15/h2-3,6,8,13H,4-5,7H2,1H3,(H,12,15)/t8-/m0/s1. The number of H-pyrrole nitrogens is 1.